The van der Waals surface area contributed by atoms with E-state index < -0.39 is 22.3 Å². The molecule has 1 aliphatic carbocycles. The van der Waals surface area contributed by atoms with E-state index in [1.165, 1.54) is 31.4 Å². The number of hydrogen-bond acceptors (Lipinski definition) is 5. The molecule has 2 rings (SSSR count). The van der Waals surface area contributed by atoms with Gasteiger partial charge in [-0.05, 0) is 24.5 Å². The highest BCUT2D eigenvalue weighted by molar-refractivity contribution is 5.96. The van der Waals surface area contributed by atoms with Gasteiger partial charge in [0.2, 0.25) is 5.91 Å². The van der Waals surface area contributed by atoms with Crippen LogP contribution in [0.15, 0.2) is 30.3 Å². The van der Waals surface area contributed by atoms with Gasteiger partial charge in [-0.25, -0.2) is 4.79 Å². The Bertz CT molecular complexity index is 663. The summed E-state index contributed by atoms with van der Waals surface area (Å²) in [6.07, 6.45) is 6.59. The second kappa shape index (κ2) is 7.72. The molecule has 1 aromatic rings. The van der Waals surface area contributed by atoms with E-state index in [0.29, 0.717) is 18.4 Å². The van der Waals surface area contributed by atoms with E-state index in [2.05, 4.69) is 5.32 Å². The number of hydrogen-bond donors (Lipinski definition) is 1. The van der Waals surface area contributed by atoms with Crippen molar-refractivity contribution < 1.29 is 19.2 Å². The predicted octanol–water partition coefficient (Wildman–Crippen LogP) is 2.60. The average Bonchev–Trinajstić information content (AvgIpc) is 2.60. The van der Waals surface area contributed by atoms with Crippen LogP contribution in [0, 0.1) is 10.1 Å². The van der Waals surface area contributed by atoms with Crippen molar-refractivity contribution in [3.8, 4) is 0 Å². The molecule has 1 saturated carbocycles. The first-order chi connectivity index (χ1) is 11.5. The SMILES string of the molecule is COC(=O)C1(NC(=O)/C=C/c2cccc([N+](=O)[O-])c2)CCCCC1. The Morgan fingerprint density at radius 3 is 2.62 bits per heavy atom. The topological polar surface area (TPSA) is 98.5 Å². The van der Waals surface area contributed by atoms with Crippen molar-refractivity contribution >= 4 is 23.6 Å². The van der Waals surface area contributed by atoms with Gasteiger partial charge in [-0.1, -0.05) is 31.4 Å². The van der Waals surface area contributed by atoms with E-state index in [4.69, 9.17) is 4.74 Å². The van der Waals surface area contributed by atoms with Gasteiger partial charge in [0.15, 0.2) is 0 Å². The molecule has 0 bridgehead atoms. The first-order valence-corrected chi connectivity index (χ1v) is 7.80. The lowest BCUT2D eigenvalue weighted by Crippen LogP contribution is -2.55. The molecule has 0 aliphatic heterocycles. The maximum Gasteiger partial charge on any atom is 0.331 e. The molecule has 0 radical (unpaired) electrons. The molecule has 1 aromatic carbocycles. The van der Waals surface area contributed by atoms with Crippen LogP contribution in [0.25, 0.3) is 6.08 Å². The van der Waals surface area contributed by atoms with Crippen molar-refractivity contribution in [3.63, 3.8) is 0 Å². The molecule has 0 aromatic heterocycles. The van der Waals surface area contributed by atoms with Gasteiger partial charge in [-0.3, -0.25) is 14.9 Å². The minimum Gasteiger partial charge on any atom is -0.467 e. The van der Waals surface area contributed by atoms with E-state index in [0.717, 1.165) is 19.3 Å². The number of nitro groups is 1. The first kappa shape index (κ1) is 17.7. The van der Waals surface area contributed by atoms with Gasteiger partial charge in [0.05, 0.1) is 12.0 Å². The Hall–Kier alpha value is -2.70. The lowest BCUT2D eigenvalue weighted by molar-refractivity contribution is -0.384. The fraction of sp³-hybridized carbons (Fsp3) is 0.412. The number of rotatable bonds is 5. The van der Waals surface area contributed by atoms with Crippen molar-refractivity contribution in [2.75, 3.05) is 7.11 Å². The molecule has 1 N–H and O–H groups in total. The third-order valence-electron chi connectivity index (χ3n) is 4.15. The molecule has 0 atom stereocenters. The van der Waals surface area contributed by atoms with Crippen LogP contribution in [0.1, 0.15) is 37.7 Å². The van der Waals surface area contributed by atoms with Gasteiger partial charge in [0.1, 0.15) is 5.54 Å². The van der Waals surface area contributed by atoms with Gasteiger partial charge in [-0.15, -0.1) is 0 Å². The molecule has 0 saturated heterocycles. The Morgan fingerprint density at radius 1 is 1.29 bits per heavy atom. The first-order valence-electron chi connectivity index (χ1n) is 7.80. The zero-order chi connectivity index (χ0) is 17.6. The number of benzene rings is 1. The van der Waals surface area contributed by atoms with Crippen molar-refractivity contribution in [3.05, 3.63) is 46.0 Å². The van der Waals surface area contributed by atoms with Crippen LogP contribution in [-0.4, -0.2) is 29.4 Å². The molecular weight excluding hydrogens is 312 g/mol. The van der Waals surface area contributed by atoms with Crippen molar-refractivity contribution in [1.82, 2.24) is 5.32 Å². The molecule has 128 valence electrons. The number of methoxy groups -OCH3 is 1. The second-order valence-corrected chi connectivity index (χ2v) is 5.81. The number of carbonyl (C=O) groups is 2. The fourth-order valence-corrected chi connectivity index (χ4v) is 2.92. The minimum absolute atomic E-state index is 0.0455. The van der Waals surface area contributed by atoms with Gasteiger partial charge in [0.25, 0.3) is 5.69 Å². The third-order valence-corrected chi connectivity index (χ3v) is 4.15. The predicted molar refractivity (Wildman–Crippen MR) is 88.1 cm³/mol. The molecule has 0 heterocycles. The number of ether oxygens (including phenoxy) is 1. The summed E-state index contributed by atoms with van der Waals surface area (Å²) in [5.41, 5.74) is -0.483. The van der Waals surface area contributed by atoms with E-state index in [-0.39, 0.29) is 5.69 Å². The smallest absolute Gasteiger partial charge is 0.331 e. The maximum absolute atomic E-state index is 12.2. The number of nitrogens with zero attached hydrogens (tertiary/aromatic N) is 1. The van der Waals surface area contributed by atoms with Crippen molar-refractivity contribution in [1.29, 1.82) is 0 Å². The zero-order valence-corrected chi connectivity index (χ0v) is 13.5. The molecule has 1 aliphatic rings. The fourth-order valence-electron chi connectivity index (χ4n) is 2.92. The van der Waals surface area contributed by atoms with Crippen molar-refractivity contribution in [2.45, 2.75) is 37.6 Å². The number of amides is 1. The van der Waals surface area contributed by atoms with Crippen LogP contribution >= 0.6 is 0 Å². The molecule has 0 unspecified atom stereocenters. The lowest BCUT2D eigenvalue weighted by Gasteiger charge is -2.34. The average molecular weight is 332 g/mol. The number of nitro benzene ring substituents is 1. The van der Waals surface area contributed by atoms with Crippen LogP contribution in [0.5, 0.6) is 0 Å². The van der Waals surface area contributed by atoms with E-state index in [1.54, 1.807) is 12.1 Å². The van der Waals surface area contributed by atoms with Crippen LogP contribution in [0.3, 0.4) is 0 Å². The van der Waals surface area contributed by atoms with Crippen LogP contribution in [0.2, 0.25) is 0 Å². The number of nitrogens with one attached hydrogen (secondary N) is 1. The largest absolute Gasteiger partial charge is 0.467 e. The molecule has 1 fully saturated rings. The summed E-state index contributed by atoms with van der Waals surface area (Å²) in [6, 6.07) is 5.96. The maximum atomic E-state index is 12.2. The summed E-state index contributed by atoms with van der Waals surface area (Å²) in [5, 5.41) is 13.5. The van der Waals surface area contributed by atoms with E-state index >= 15 is 0 Å². The summed E-state index contributed by atoms with van der Waals surface area (Å²) in [7, 11) is 1.31. The Balaban J connectivity index is 2.09. The summed E-state index contributed by atoms with van der Waals surface area (Å²) in [4.78, 5) is 34.5. The lowest BCUT2D eigenvalue weighted by atomic mass is 9.81. The monoisotopic (exact) mass is 332 g/mol. The summed E-state index contributed by atoms with van der Waals surface area (Å²) >= 11 is 0. The van der Waals surface area contributed by atoms with Crippen LogP contribution < -0.4 is 5.32 Å². The summed E-state index contributed by atoms with van der Waals surface area (Å²) < 4.78 is 4.85. The summed E-state index contributed by atoms with van der Waals surface area (Å²) in [6.45, 7) is 0. The Kier molecular flexibility index (Phi) is 5.68. The Labute approximate surface area is 139 Å². The van der Waals surface area contributed by atoms with Gasteiger partial charge in [0, 0.05) is 18.2 Å². The van der Waals surface area contributed by atoms with Crippen LogP contribution in [-0.2, 0) is 14.3 Å². The highest BCUT2D eigenvalue weighted by Crippen LogP contribution is 2.29. The second-order valence-electron chi connectivity index (χ2n) is 5.81. The van der Waals surface area contributed by atoms with E-state index in [1.807, 2.05) is 0 Å². The molecule has 1 amide bonds. The molecule has 24 heavy (non-hydrogen) atoms. The number of carbonyl (C=O) groups excluding carboxylic acids is 2. The van der Waals surface area contributed by atoms with Crippen LogP contribution in [0.4, 0.5) is 5.69 Å². The third kappa shape index (κ3) is 4.18. The highest BCUT2D eigenvalue weighted by atomic mass is 16.6. The standard InChI is InChI=1S/C17H20N2O5/c1-24-16(21)17(10-3-2-4-11-17)18-15(20)9-8-13-6-5-7-14(12-13)19(22)23/h5-9,12H,2-4,10-11H2,1H3,(H,18,20)/b9-8+. The molecular formula is C17H20N2O5. The minimum atomic E-state index is -0.975. The highest BCUT2D eigenvalue weighted by Gasteiger charge is 2.41. The molecule has 0 spiro atoms. The van der Waals surface area contributed by atoms with Crippen molar-refractivity contribution in [2.24, 2.45) is 0 Å². The van der Waals surface area contributed by atoms with E-state index in [9.17, 15) is 19.7 Å². The quantitative estimate of drug-likeness (QED) is 0.387. The van der Waals surface area contributed by atoms with Gasteiger partial charge >= 0.3 is 5.97 Å². The van der Waals surface area contributed by atoms with Gasteiger partial charge < -0.3 is 10.1 Å². The van der Waals surface area contributed by atoms with Gasteiger partial charge in [-0.2, -0.15) is 0 Å². The number of esters is 1. The Morgan fingerprint density at radius 2 is 2.00 bits per heavy atom. The molecule has 7 nitrogen and oxygen atoms in total. The normalized spacial score (nSPS) is 16.5. The summed E-state index contributed by atoms with van der Waals surface area (Å²) in [5.74, 6) is -0.854. The molecule has 7 heteroatoms. The number of non-ortho nitro benzene ring substituents is 1. The zero-order valence-electron chi connectivity index (χ0n) is 13.5.